The highest BCUT2D eigenvalue weighted by atomic mass is 16.5. The fourth-order valence-corrected chi connectivity index (χ4v) is 4.25. The first kappa shape index (κ1) is 22.6. The number of aromatic nitrogens is 4. The smallest absolute Gasteiger partial charge is 0.341 e. The third-order valence-corrected chi connectivity index (χ3v) is 6.37. The Morgan fingerprint density at radius 2 is 1.85 bits per heavy atom. The molecule has 8 nitrogen and oxygen atoms in total. The van der Waals surface area contributed by atoms with Crippen LogP contribution in [0.5, 0.6) is 0 Å². The van der Waals surface area contributed by atoms with Crippen molar-refractivity contribution in [2.75, 3.05) is 36.5 Å². The Morgan fingerprint density at radius 3 is 2.52 bits per heavy atom. The second-order valence-corrected chi connectivity index (χ2v) is 8.53. The third kappa shape index (κ3) is 4.65. The van der Waals surface area contributed by atoms with E-state index in [1.165, 1.54) is 23.8 Å². The van der Waals surface area contributed by atoms with E-state index >= 15 is 0 Å². The minimum absolute atomic E-state index is 0.174. The Kier molecular flexibility index (Phi) is 6.53. The molecule has 1 atom stereocenters. The molecule has 0 N–H and O–H groups in total. The van der Waals surface area contributed by atoms with Crippen molar-refractivity contribution in [1.82, 2.24) is 20.2 Å². The van der Waals surface area contributed by atoms with Gasteiger partial charge >= 0.3 is 5.97 Å². The number of ether oxygens (including phenoxy) is 1. The minimum Gasteiger partial charge on any atom is -0.465 e. The van der Waals surface area contributed by atoms with Crippen LogP contribution in [0.3, 0.4) is 0 Å². The molecule has 172 valence electrons. The van der Waals surface area contributed by atoms with E-state index in [1.807, 2.05) is 18.2 Å². The topological polar surface area (TPSA) is 84.3 Å². The second kappa shape index (κ2) is 9.52. The highest BCUT2D eigenvalue weighted by Crippen LogP contribution is 2.26. The molecule has 0 unspecified atom stereocenters. The van der Waals surface area contributed by atoms with Gasteiger partial charge in [0.1, 0.15) is 0 Å². The predicted octanol–water partition coefficient (Wildman–Crippen LogP) is 3.28. The Hall–Kier alpha value is -3.55. The van der Waals surface area contributed by atoms with Crippen LogP contribution in [0.4, 0.5) is 11.8 Å². The lowest BCUT2D eigenvalue weighted by Crippen LogP contribution is -2.53. The van der Waals surface area contributed by atoms with Crippen LogP contribution in [0, 0.1) is 20.8 Å². The summed E-state index contributed by atoms with van der Waals surface area (Å²) in [7, 11) is 1.36. The molecule has 3 heterocycles. The zero-order chi connectivity index (χ0) is 23.5. The van der Waals surface area contributed by atoms with E-state index in [2.05, 4.69) is 62.9 Å². The van der Waals surface area contributed by atoms with Gasteiger partial charge in [-0.15, -0.1) is 5.10 Å². The first-order valence-electron chi connectivity index (χ1n) is 11.2. The van der Waals surface area contributed by atoms with Crippen LogP contribution >= 0.6 is 0 Å². The lowest BCUT2D eigenvalue weighted by atomic mass is 10.0. The molecule has 3 aromatic rings. The van der Waals surface area contributed by atoms with Crippen LogP contribution < -0.4 is 9.80 Å². The number of nitrogens with zero attached hydrogens (tertiary/aromatic N) is 6. The van der Waals surface area contributed by atoms with Crippen molar-refractivity contribution in [3.63, 3.8) is 0 Å². The summed E-state index contributed by atoms with van der Waals surface area (Å²) < 4.78 is 4.80. The van der Waals surface area contributed by atoms with Crippen molar-refractivity contribution < 1.29 is 9.53 Å². The Morgan fingerprint density at radius 1 is 1.09 bits per heavy atom. The zero-order valence-electron chi connectivity index (χ0n) is 19.9. The average molecular weight is 447 g/mol. The number of esters is 1. The van der Waals surface area contributed by atoms with Crippen LogP contribution in [0.1, 0.15) is 45.4 Å². The molecule has 0 aliphatic carbocycles. The van der Waals surface area contributed by atoms with E-state index < -0.39 is 5.97 Å². The SMILES string of the molecule is COC(=O)c1cnc(N2CCN(c3nnc(Cc4ccccc4)c(C)c3C)C[C@H]2C)nc1C. The Balaban J connectivity index is 1.49. The van der Waals surface area contributed by atoms with Crippen LogP contribution in [0.25, 0.3) is 0 Å². The number of hydrogen-bond acceptors (Lipinski definition) is 8. The summed E-state index contributed by atoms with van der Waals surface area (Å²) in [4.78, 5) is 25.3. The number of carbonyl (C=O) groups is 1. The van der Waals surface area contributed by atoms with Gasteiger partial charge in [0.2, 0.25) is 5.95 Å². The highest BCUT2D eigenvalue weighted by Gasteiger charge is 2.28. The van der Waals surface area contributed by atoms with Crippen molar-refractivity contribution in [1.29, 1.82) is 0 Å². The van der Waals surface area contributed by atoms with Crippen molar-refractivity contribution in [3.05, 3.63) is 70.2 Å². The second-order valence-electron chi connectivity index (χ2n) is 8.53. The molecule has 0 bridgehead atoms. The maximum absolute atomic E-state index is 11.8. The lowest BCUT2D eigenvalue weighted by molar-refractivity contribution is 0.0599. The van der Waals surface area contributed by atoms with Crippen LogP contribution in [0.15, 0.2) is 36.5 Å². The summed E-state index contributed by atoms with van der Waals surface area (Å²) in [6.45, 7) is 10.5. The molecule has 1 fully saturated rings. The number of hydrogen-bond donors (Lipinski definition) is 0. The van der Waals surface area contributed by atoms with E-state index in [9.17, 15) is 4.79 Å². The van der Waals surface area contributed by atoms with E-state index in [4.69, 9.17) is 4.74 Å². The molecule has 1 aliphatic heterocycles. The van der Waals surface area contributed by atoms with Crippen LogP contribution in [-0.2, 0) is 11.2 Å². The van der Waals surface area contributed by atoms with Gasteiger partial charge < -0.3 is 14.5 Å². The van der Waals surface area contributed by atoms with Gasteiger partial charge in [0.25, 0.3) is 0 Å². The first-order chi connectivity index (χ1) is 15.9. The molecule has 1 aliphatic rings. The van der Waals surface area contributed by atoms with Gasteiger partial charge in [-0.2, -0.15) is 5.10 Å². The summed E-state index contributed by atoms with van der Waals surface area (Å²) in [6.07, 6.45) is 2.33. The number of methoxy groups -OCH3 is 1. The number of benzene rings is 1. The van der Waals surface area contributed by atoms with Gasteiger partial charge in [0.15, 0.2) is 5.82 Å². The third-order valence-electron chi connectivity index (χ3n) is 6.37. The molecular formula is C25H30N6O2. The van der Waals surface area contributed by atoms with Crippen LogP contribution in [-0.4, -0.2) is 58.9 Å². The summed E-state index contributed by atoms with van der Waals surface area (Å²) in [5, 5.41) is 9.20. The van der Waals surface area contributed by atoms with Crippen molar-refractivity contribution >= 4 is 17.7 Å². The number of aryl methyl sites for hydroxylation is 1. The fraction of sp³-hybridized carbons (Fsp3) is 0.400. The summed E-state index contributed by atoms with van der Waals surface area (Å²) >= 11 is 0. The first-order valence-corrected chi connectivity index (χ1v) is 11.2. The van der Waals surface area contributed by atoms with Crippen molar-refractivity contribution in [2.24, 2.45) is 0 Å². The maximum Gasteiger partial charge on any atom is 0.341 e. The Bertz CT molecular complexity index is 1150. The number of piperazine rings is 1. The monoisotopic (exact) mass is 446 g/mol. The van der Waals surface area contributed by atoms with Gasteiger partial charge in [-0.05, 0) is 44.4 Å². The molecular weight excluding hydrogens is 416 g/mol. The molecule has 0 radical (unpaired) electrons. The summed E-state index contributed by atoms with van der Waals surface area (Å²) in [6, 6.07) is 10.5. The van der Waals surface area contributed by atoms with Gasteiger partial charge in [0.05, 0.1) is 24.1 Å². The molecule has 0 amide bonds. The molecule has 1 aromatic carbocycles. The number of rotatable bonds is 5. The van der Waals surface area contributed by atoms with Gasteiger partial charge in [-0.25, -0.2) is 14.8 Å². The number of anilines is 2. The molecule has 33 heavy (non-hydrogen) atoms. The van der Waals surface area contributed by atoms with Gasteiger partial charge in [-0.1, -0.05) is 30.3 Å². The Labute approximate surface area is 194 Å². The summed E-state index contributed by atoms with van der Waals surface area (Å²) in [5.41, 5.74) is 5.63. The zero-order valence-corrected chi connectivity index (χ0v) is 19.9. The molecule has 4 rings (SSSR count). The maximum atomic E-state index is 11.8. The molecule has 2 aromatic heterocycles. The minimum atomic E-state index is -0.419. The van der Waals surface area contributed by atoms with E-state index in [0.717, 1.165) is 37.6 Å². The van der Waals surface area contributed by atoms with E-state index in [0.29, 0.717) is 17.2 Å². The van der Waals surface area contributed by atoms with Crippen LogP contribution in [0.2, 0.25) is 0 Å². The normalized spacial score (nSPS) is 16.1. The lowest BCUT2D eigenvalue weighted by Gasteiger charge is -2.40. The largest absolute Gasteiger partial charge is 0.465 e. The van der Waals surface area contributed by atoms with Crippen molar-refractivity contribution in [3.8, 4) is 0 Å². The molecule has 8 heteroatoms. The molecule has 0 saturated carbocycles. The molecule has 0 spiro atoms. The van der Waals surface area contributed by atoms with E-state index in [1.54, 1.807) is 13.1 Å². The number of carbonyl (C=O) groups excluding carboxylic acids is 1. The highest BCUT2D eigenvalue weighted by molar-refractivity contribution is 5.90. The van der Waals surface area contributed by atoms with Crippen molar-refractivity contribution in [2.45, 2.75) is 40.2 Å². The quantitative estimate of drug-likeness (QED) is 0.552. The standard InChI is InChI=1S/C25H30N6O2/c1-16-15-30(11-12-31(16)25-26-14-21(19(4)27-25)24(32)33-5)23-18(3)17(2)22(28-29-23)13-20-9-7-6-8-10-20/h6-10,14,16H,11-13,15H2,1-5H3/t16-/m1/s1. The fourth-order valence-electron chi connectivity index (χ4n) is 4.25. The van der Waals surface area contributed by atoms with Gasteiger partial charge in [0, 0.05) is 38.3 Å². The summed E-state index contributed by atoms with van der Waals surface area (Å²) in [5.74, 6) is 1.15. The average Bonchev–Trinajstić information content (AvgIpc) is 2.82. The predicted molar refractivity (Wildman–Crippen MR) is 128 cm³/mol. The van der Waals surface area contributed by atoms with E-state index in [-0.39, 0.29) is 6.04 Å². The van der Waals surface area contributed by atoms with Gasteiger partial charge in [-0.3, -0.25) is 0 Å². The molecule has 1 saturated heterocycles.